The van der Waals surface area contributed by atoms with Crippen molar-refractivity contribution in [1.82, 2.24) is 0 Å². The van der Waals surface area contributed by atoms with Gasteiger partial charge in [0, 0.05) is 11.0 Å². The van der Waals surface area contributed by atoms with Gasteiger partial charge < -0.3 is 5.11 Å². The molecule has 22 heavy (non-hydrogen) atoms. The molecular weight excluding hydrogens is 272 g/mol. The van der Waals surface area contributed by atoms with Crippen molar-refractivity contribution in [2.45, 2.75) is 60.8 Å². The van der Waals surface area contributed by atoms with Gasteiger partial charge in [0.05, 0.1) is 5.41 Å². The van der Waals surface area contributed by atoms with Crippen LogP contribution in [-0.2, 0) is 11.2 Å². The zero-order valence-electron chi connectivity index (χ0n) is 14.7. The van der Waals surface area contributed by atoms with Crippen LogP contribution < -0.4 is 0 Å². The van der Waals surface area contributed by atoms with E-state index in [2.05, 4.69) is 57.7 Å². The van der Waals surface area contributed by atoms with Crippen LogP contribution in [0.3, 0.4) is 0 Å². The van der Waals surface area contributed by atoms with Gasteiger partial charge in [-0.2, -0.15) is 0 Å². The maximum atomic E-state index is 11.4. The molecule has 1 unspecified atom stereocenters. The van der Waals surface area contributed by atoms with Crippen molar-refractivity contribution in [1.29, 1.82) is 0 Å². The number of carbonyl (C=O) groups is 1. The standard InChI is InChI=1S/C20H28O2/c1-7-20(6,18(21)22)13-10-16-9-8-15(2)17(14-16)11-12-19(3,4)5/h8-9,14H,7,10,13H2,1-6H3,(H,21,22). The molecule has 120 valence electrons. The predicted molar refractivity (Wildman–Crippen MR) is 91.9 cm³/mol. The van der Waals surface area contributed by atoms with Gasteiger partial charge in [0.2, 0.25) is 0 Å². The number of aliphatic carboxylic acids is 1. The lowest BCUT2D eigenvalue weighted by molar-refractivity contribution is -0.148. The molecule has 0 radical (unpaired) electrons. The fourth-order valence-corrected chi connectivity index (χ4v) is 2.07. The molecule has 1 atom stereocenters. The number of hydrogen-bond donors (Lipinski definition) is 1. The summed E-state index contributed by atoms with van der Waals surface area (Å²) in [5, 5.41) is 9.36. The Labute approximate surface area is 134 Å². The summed E-state index contributed by atoms with van der Waals surface area (Å²) >= 11 is 0. The molecule has 1 aromatic carbocycles. The maximum absolute atomic E-state index is 11.4. The molecule has 0 aliphatic heterocycles. The maximum Gasteiger partial charge on any atom is 0.309 e. The molecule has 0 heterocycles. The zero-order chi connectivity index (χ0) is 17.0. The van der Waals surface area contributed by atoms with Crippen molar-refractivity contribution in [3.05, 3.63) is 34.9 Å². The monoisotopic (exact) mass is 300 g/mol. The van der Waals surface area contributed by atoms with Gasteiger partial charge in [0.1, 0.15) is 0 Å². The fourth-order valence-electron chi connectivity index (χ4n) is 2.07. The molecule has 0 bridgehead atoms. The minimum Gasteiger partial charge on any atom is -0.481 e. The van der Waals surface area contributed by atoms with Crippen LogP contribution in [-0.4, -0.2) is 11.1 Å². The first-order chi connectivity index (χ1) is 10.1. The lowest BCUT2D eigenvalue weighted by Crippen LogP contribution is -2.27. The van der Waals surface area contributed by atoms with E-state index in [1.807, 2.05) is 13.8 Å². The second-order valence-electron chi connectivity index (χ2n) is 7.37. The van der Waals surface area contributed by atoms with Crippen molar-refractivity contribution in [2.24, 2.45) is 10.8 Å². The average Bonchev–Trinajstić information content (AvgIpc) is 2.43. The quantitative estimate of drug-likeness (QED) is 0.791. The topological polar surface area (TPSA) is 37.3 Å². The number of carboxylic acid groups (broad SMARTS) is 1. The lowest BCUT2D eigenvalue weighted by atomic mass is 9.81. The largest absolute Gasteiger partial charge is 0.481 e. The highest BCUT2D eigenvalue weighted by Crippen LogP contribution is 2.28. The van der Waals surface area contributed by atoms with Crippen LogP contribution in [0.15, 0.2) is 18.2 Å². The Hall–Kier alpha value is -1.75. The Kier molecular flexibility index (Phi) is 5.83. The summed E-state index contributed by atoms with van der Waals surface area (Å²) in [4.78, 5) is 11.4. The third-order valence-electron chi connectivity index (χ3n) is 4.14. The van der Waals surface area contributed by atoms with E-state index in [0.29, 0.717) is 12.8 Å². The van der Waals surface area contributed by atoms with E-state index in [9.17, 15) is 9.90 Å². The summed E-state index contributed by atoms with van der Waals surface area (Å²) in [5.41, 5.74) is 2.69. The number of aryl methyl sites for hydroxylation is 2. The highest BCUT2D eigenvalue weighted by Gasteiger charge is 2.30. The van der Waals surface area contributed by atoms with Gasteiger partial charge in [0.15, 0.2) is 0 Å². The van der Waals surface area contributed by atoms with Crippen LogP contribution >= 0.6 is 0 Å². The summed E-state index contributed by atoms with van der Waals surface area (Å²) in [6, 6.07) is 6.26. The van der Waals surface area contributed by atoms with Crippen LogP contribution in [0.4, 0.5) is 0 Å². The summed E-state index contributed by atoms with van der Waals surface area (Å²) in [6.07, 6.45) is 2.06. The molecule has 0 aliphatic rings. The predicted octanol–water partition coefficient (Wildman–Crippen LogP) is 4.83. The molecule has 0 amide bonds. The Morgan fingerprint density at radius 3 is 2.36 bits per heavy atom. The Balaban J connectivity index is 2.94. The Morgan fingerprint density at radius 1 is 1.23 bits per heavy atom. The third-order valence-corrected chi connectivity index (χ3v) is 4.14. The molecule has 2 nitrogen and oxygen atoms in total. The van der Waals surface area contributed by atoms with Gasteiger partial charge in [-0.3, -0.25) is 4.79 Å². The van der Waals surface area contributed by atoms with E-state index in [4.69, 9.17) is 0 Å². The summed E-state index contributed by atoms with van der Waals surface area (Å²) in [7, 11) is 0. The van der Waals surface area contributed by atoms with Crippen molar-refractivity contribution in [2.75, 3.05) is 0 Å². The summed E-state index contributed by atoms with van der Waals surface area (Å²) in [5.74, 6) is 5.81. The van der Waals surface area contributed by atoms with Gasteiger partial charge in [-0.05, 0) is 71.1 Å². The lowest BCUT2D eigenvalue weighted by Gasteiger charge is -2.22. The second-order valence-corrected chi connectivity index (χ2v) is 7.37. The third kappa shape index (κ3) is 5.22. The van der Waals surface area contributed by atoms with Crippen molar-refractivity contribution in [3.8, 4) is 11.8 Å². The SMILES string of the molecule is CCC(C)(CCc1ccc(C)c(C#CC(C)(C)C)c1)C(=O)O. The van der Waals surface area contributed by atoms with E-state index in [-0.39, 0.29) is 5.41 Å². The van der Waals surface area contributed by atoms with Gasteiger partial charge in [0.25, 0.3) is 0 Å². The van der Waals surface area contributed by atoms with Crippen LogP contribution in [0.1, 0.15) is 64.2 Å². The highest BCUT2D eigenvalue weighted by atomic mass is 16.4. The van der Waals surface area contributed by atoms with E-state index >= 15 is 0 Å². The van der Waals surface area contributed by atoms with E-state index in [1.54, 1.807) is 0 Å². The molecule has 0 aliphatic carbocycles. The van der Waals surface area contributed by atoms with E-state index < -0.39 is 11.4 Å². The minimum absolute atomic E-state index is 0.0213. The van der Waals surface area contributed by atoms with Crippen molar-refractivity contribution in [3.63, 3.8) is 0 Å². The number of benzene rings is 1. The molecule has 0 saturated heterocycles. The Bertz CT molecular complexity index is 596. The average molecular weight is 300 g/mol. The highest BCUT2D eigenvalue weighted by molar-refractivity contribution is 5.74. The van der Waals surface area contributed by atoms with Gasteiger partial charge in [-0.1, -0.05) is 30.9 Å². The molecule has 1 N–H and O–H groups in total. The number of carboxylic acids is 1. The van der Waals surface area contributed by atoms with Crippen molar-refractivity contribution < 1.29 is 9.90 Å². The molecule has 1 aromatic rings. The normalized spacial score (nSPS) is 13.9. The smallest absolute Gasteiger partial charge is 0.309 e. The minimum atomic E-state index is -0.713. The molecule has 0 saturated carbocycles. The zero-order valence-corrected chi connectivity index (χ0v) is 14.7. The van der Waals surface area contributed by atoms with Crippen LogP contribution in [0.5, 0.6) is 0 Å². The molecule has 1 rings (SSSR count). The number of rotatable bonds is 5. The van der Waals surface area contributed by atoms with Crippen LogP contribution in [0.25, 0.3) is 0 Å². The van der Waals surface area contributed by atoms with Gasteiger partial charge in [-0.15, -0.1) is 0 Å². The summed E-state index contributed by atoms with van der Waals surface area (Å²) < 4.78 is 0. The van der Waals surface area contributed by atoms with Crippen molar-refractivity contribution >= 4 is 5.97 Å². The van der Waals surface area contributed by atoms with E-state index in [1.165, 1.54) is 0 Å². The first-order valence-electron chi connectivity index (χ1n) is 7.93. The number of hydrogen-bond acceptors (Lipinski definition) is 1. The van der Waals surface area contributed by atoms with E-state index in [0.717, 1.165) is 23.1 Å². The molecule has 2 heteroatoms. The fraction of sp³-hybridized carbons (Fsp3) is 0.550. The van der Waals surface area contributed by atoms with Gasteiger partial charge in [-0.25, -0.2) is 0 Å². The molecule has 0 fully saturated rings. The summed E-state index contributed by atoms with van der Waals surface area (Å²) in [6.45, 7) is 12.1. The van der Waals surface area contributed by atoms with Gasteiger partial charge >= 0.3 is 5.97 Å². The second kappa shape index (κ2) is 7.01. The molecule has 0 spiro atoms. The van der Waals surface area contributed by atoms with Crippen LogP contribution in [0, 0.1) is 29.6 Å². The molecule has 0 aromatic heterocycles. The first-order valence-corrected chi connectivity index (χ1v) is 7.93. The molecular formula is C20H28O2. The van der Waals surface area contributed by atoms with Crippen LogP contribution in [0.2, 0.25) is 0 Å². The Morgan fingerprint density at radius 2 is 1.86 bits per heavy atom. The first kappa shape index (κ1) is 18.3.